The normalized spacial score (nSPS) is 21.3. The molecule has 8 nitrogen and oxygen atoms in total. The monoisotopic (exact) mass is 403 g/mol. The minimum Gasteiger partial charge on any atom is -0.454 e. The van der Waals surface area contributed by atoms with Crippen LogP contribution in [0.4, 0.5) is 4.79 Å². The number of hydrogen-bond donors (Lipinski definition) is 2. The lowest BCUT2D eigenvalue weighted by molar-refractivity contribution is -0.134. The number of fused-ring (bicyclic) bond motifs is 1. The minimum atomic E-state index is -1.26. The van der Waals surface area contributed by atoms with E-state index in [2.05, 4.69) is 24.5 Å². The van der Waals surface area contributed by atoms with Crippen LogP contribution in [0.5, 0.6) is 11.5 Å². The van der Waals surface area contributed by atoms with Gasteiger partial charge < -0.3 is 20.1 Å². The number of rotatable bonds is 9. The van der Waals surface area contributed by atoms with E-state index in [1.807, 2.05) is 0 Å². The first-order valence-corrected chi connectivity index (χ1v) is 10.2. The second-order valence-corrected chi connectivity index (χ2v) is 7.74. The summed E-state index contributed by atoms with van der Waals surface area (Å²) in [6.45, 7) is 6.24. The van der Waals surface area contributed by atoms with Gasteiger partial charge in [-0.25, -0.2) is 4.79 Å². The van der Waals surface area contributed by atoms with Gasteiger partial charge in [0.05, 0.1) is 0 Å². The number of urea groups is 1. The first-order valence-electron chi connectivity index (χ1n) is 10.2. The number of nitrogens with zero attached hydrogens (tertiary/aromatic N) is 1. The Morgan fingerprint density at radius 3 is 2.76 bits per heavy atom. The fourth-order valence-electron chi connectivity index (χ4n) is 3.64. The van der Waals surface area contributed by atoms with Gasteiger partial charge in [-0.1, -0.05) is 39.2 Å². The van der Waals surface area contributed by atoms with Crippen molar-refractivity contribution in [2.45, 2.75) is 52.0 Å². The van der Waals surface area contributed by atoms with Crippen LogP contribution >= 0.6 is 0 Å². The van der Waals surface area contributed by atoms with E-state index in [-0.39, 0.29) is 19.2 Å². The van der Waals surface area contributed by atoms with Crippen molar-refractivity contribution in [1.82, 2.24) is 15.5 Å². The van der Waals surface area contributed by atoms with Gasteiger partial charge in [-0.3, -0.25) is 14.5 Å². The molecule has 2 N–H and O–H groups in total. The van der Waals surface area contributed by atoms with Gasteiger partial charge in [-0.05, 0) is 37.0 Å². The first kappa shape index (κ1) is 21.0. The molecular weight excluding hydrogens is 374 g/mol. The van der Waals surface area contributed by atoms with Crippen LogP contribution < -0.4 is 20.1 Å². The van der Waals surface area contributed by atoms with Crippen LogP contribution in [0.2, 0.25) is 0 Å². The largest absolute Gasteiger partial charge is 0.454 e. The topological polar surface area (TPSA) is 97.0 Å². The van der Waals surface area contributed by atoms with Crippen LogP contribution in [0.25, 0.3) is 0 Å². The maximum absolute atomic E-state index is 13.0. The summed E-state index contributed by atoms with van der Waals surface area (Å²) in [5.41, 5.74) is -0.681. The fraction of sp³-hybridized carbons (Fsp3) is 0.571. The summed E-state index contributed by atoms with van der Waals surface area (Å²) in [7, 11) is 0. The van der Waals surface area contributed by atoms with Crippen LogP contribution in [-0.2, 0) is 15.1 Å². The van der Waals surface area contributed by atoms with Crippen molar-refractivity contribution in [1.29, 1.82) is 0 Å². The second-order valence-electron chi connectivity index (χ2n) is 7.74. The molecule has 158 valence electrons. The van der Waals surface area contributed by atoms with E-state index in [0.29, 0.717) is 29.5 Å². The lowest BCUT2D eigenvalue weighted by Gasteiger charge is -2.22. The molecule has 0 radical (unpaired) electrons. The second kappa shape index (κ2) is 8.71. The van der Waals surface area contributed by atoms with Crippen molar-refractivity contribution in [3.63, 3.8) is 0 Å². The average molecular weight is 403 g/mol. The van der Waals surface area contributed by atoms with E-state index >= 15 is 0 Å². The maximum Gasteiger partial charge on any atom is 0.325 e. The quantitative estimate of drug-likeness (QED) is 0.618. The number of carbonyl (C=O) groups is 3. The third-order valence-corrected chi connectivity index (χ3v) is 5.66. The highest BCUT2D eigenvalue weighted by Crippen LogP contribution is 2.37. The van der Waals surface area contributed by atoms with E-state index < -0.39 is 17.5 Å². The summed E-state index contributed by atoms with van der Waals surface area (Å²) in [6, 6.07) is 4.53. The molecule has 0 spiro atoms. The highest BCUT2D eigenvalue weighted by atomic mass is 16.7. The average Bonchev–Trinajstić information content (AvgIpc) is 3.26. The lowest BCUT2D eigenvalue weighted by atomic mass is 9.91. The number of unbranched alkanes of at least 4 members (excludes halogenated alkanes) is 1. The van der Waals surface area contributed by atoms with Crippen LogP contribution in [-0.4, -0.2) is 42.6 Å². The van der Waals surface area contributed by atoms with Gasteiger partial charge in [0.15, 0.2) is 11.5 Å². The Hall–Kier alpha value is -2.77. The van der Waals surface area contributed by atoms with Gasteiger partial charge in [-0.2, -0.15) is 0 Å². The zero-order chi connectivity index (χ0) is 21.0. The Balaban J connectivity index is 1.63. The zero-order valence-corrected chi connectivity index (χ0v) is 17.2. The Kier molecular flexibility index (Phi) is 6.30. The molecule has 3 rings (SSSR count). The molecular formula is C21H29N3O5. The molecule has 2 atom stereocenters. The van der Waals surface area contributed by atoms with Crippen molar-refractivity contribution in [2.75, 3.05) is 19.9 Å². The zero-order valence-electron chi connectivity index (χ0n) is 17.2. The van der Waals surface area contributed by atoms with Gasteiger partial charge in [-0.15, -0.1) is 0 Å². The minimum absolute atomic E-state index is 0.124. The number of imide groups is 1. The molecule has 2 aliphatic heterocycles. The molecule has 1 fully saturated rings. The summed E-state index contributed by atoms with van der Waals surface area (Å²) >= 11 is 0. The maximum atomic E-state index is 13.0. The van der Waals surface area contributed by atoms with E-state index in [4.69, 9.17) is 9.47 Å². The summed E-state index contributed by atoms with van der Waals surface area (Å²) in [4.78, 5) is 38.8. The molecule has 2 heterocycles. The molecule has 0 saturated carbocycles. The van der Waals surface area contributed by atoms with E-state index in [0.717, 1.165) is 30.6 Å². The molecule has 0 aliphatic carbocycles. The highest BCUT2D eigenvalue weighted by Gasteiger charge is 2.49. The molecule has 0 bridgehead atoms. The van der Waals surface area contributed by atoms with E-state index in [1.165, 1.54) is 0 Å². The number of carbonyl (C=O) groups excluding carboxylic acids is 3. The Labute approximate surface area is 170 Å². The first-order chi connectivity index (χ1) is 13.9. The van der Waals surface area contributed by atoms with Crippen molar-refractivity contribution >= 4 is 17.8 Å². The summed E-state index contributed by atoms with van der Waals surface area (Å²) < 4.78 is 10.7. The van der Waals surface area contributed by atoms with E-state index in [9.17, 15) is 14.4 Å². The van der Waals surface area contributed by atoms with Crippen molar-refractivity contribution < 1.29 is 23.9 Å². The molecule has 1 aromatic rings. The molecule has 0 aromatic heterocycles. The summed E-state index contributed by atoms with van der Waals surface area (Å²) in [6.07, 6.45) is 4.27. The molecule has 29 heavy (non-hydrogen) atoms. The SMILES string of the molecule is CCCC[C@@H](CC)CNC(=O)CN1C(=O)N[C@@](C)(c2ccc3c(c2)OCO3)C1=O. The van der Waals surface area contributed by atoms with Crippen LogP contribution in [0, 0.1) is 5.92 Å². The Bertz CT molecular complexity index is 797. The van der Waals surface area contributed by atoms with Crippen LogP contribution in [0.1, 0.15) is 52.0 Å². The molecule has 4 amide bonds. The van der Waals surface area contributed by atoms with Gasteiger partial charge >= 0.3 is 6.03 Å². The smallest absolute Gasteiger partial charge is 0.325 e. The predicted molar refractivity (Wildman–Crippen MR) is 106 cm³/mol. The van der Waals surface area contributed by atoms with Crippen LogP contribution in [0.3, 0.4) is 0 Å². The van der Waals surface area contributed by atoms with Crippen molar-refractivity contribution in [3.05, 3.63) is 23.8 Å². The number of benzene rings is 1. The highest BCUT2D eigenvalue weighted by molar-refractivity contribution is 6.09. The van der Waals surface area contributed by atoms with Crippen molar-refractivity contribution in [2.24, 2.45) is 5.92 Å². The summed E-state index contributed by atoms with van der Waals surface area (Å²) in [5, 5.41) is 5.57. The predicted octanol–water partition coefficient (Wildman–Crippen LogP) is 2.51. The third kappa shape index (κ3) is 4.31. The van der Waals surface area contributed by atoms with E-state index in [1.54, 1.807) is 25.1 Å². The van der Waals surface area contributed by atoms with Gasteiger partial charge in [0.25, 0.3) is 5.91 Å². The molecule has 0 unspecified atom stereocenters. The Morgan fingerprint density at radius 2 is 2.03 bits per heavy atom. The Morgan fingerprint density at radius 1 is 1.28 bits per heavy atom. The lowest BCUT2D eigenvalue weighted by Crippen LogP contribution is -2.44. The number of nitrogens with one attached hydrogen (secondary N) is 2. The summed E-state index contributed by atoms with van der Waals surface area (Å²) in [5.74, 6) is 0.729. The van der Waals surface area contributed by atoms with Crippen molar-refractivity contribution in [3.8, 4) is 11.5 Å². The molecule has 1 saturated heterocycles. The molecule has 2 aliphatic rings. The number of amides is 4. The number of ether oxygens (including phenoxy) is 2. The number of hydrogen-bond acceptors (Lipinski definition) is 5. The van der Waals surface area contributed by atoms with Crippen LogP contribution in [0.15, 0.2) is 18.2 Å². The standard InChI is InChI=1S/C21H29N3O5/c1-4-6-7-14(5-2)11-22-18(25)12-24-19(26)21(3,23-20(24)27)15-8-9-16-17(10-15)29-13-28-16/h8-10,14H,4-7,11-13H2,1-3H3,(H,22,25)(H,23,27)/t14-,21+/m1/s1. The molecule has 8 heteroatoms. The fourth-order valence-corrected chi connectivity index (χ4v) is 3.64. The van der Waals surface area contributed by atoms with Gasteiger partial charge in [0, 0.05) is 6.54 Å². The third-order valence-electron chi connectivity index (χ3n) is 5.66. The van der Waals surface area contributed by atoms with Gasteiger partial charge in [0.1, 0.15) is 12.1 Å². The van der Waals surface area contributed by atoms with Gasteiger partial charge in [0.2, 0.25) is 12.7 Å². The molecule has 1 aromatic carbocycles.